The van der Waals surface area contributed by atoms with E-state index in [1.165, 1.54) is 13.8 Å². The maximum Gasteiger partial charge on any atom is 0.303 e. The van der Waals surface area contributed by atoms with E-state index in [1.54, 1.807) is 13.8 Å². The van der Waals surface area contributed by atoms with Gasteiger partial charge in [-0.3, -0.25) is 4.79 Å². The van der Waals surface area contributed by atoms with Crippen LogP contribution in [0.15, 0.2) is 0 Å². The molecule has 0 aromatic carbocycles. The van der Waals surface area contributed by atoms with E-state index in [0.717, 1.165) is 32.1 Å². The summed E-state index contributed by atoms with van der Waals surface area (Å²) in [5.41, 5.74) is -3.49. The van der Waals surface area contributed by atoms with Crippen LogP contribution < -0.4 is 0 Å². The molecule has 5 saturated carbocycles. The van der Waals surface area contributed by atoms with Crippen LogP contribution in [0, 0.1) is 44.8 Å². The van der Waals surface area contributed by atoms with Crippen molar-refractivity contribution in [2.24, 2.45) is 44.8 Å². The van der Waals surface area contributed by atoms with E-state index in [4.69, 9.17) is 37.9 Å². The molecule has 66 heavy (non-hydrogen) atoms. The molecule has 0 aromatic rings. The number of aliphatic hydroxyl groups is 9. The highest BCUT2D eigenvalue weighted by atomic mass is 16.8. The summed E-state index contributed by atoms with van der Waals surface area (Å²) in [6.45, 7) is 16.8. The lowest BCUT2D eigenvalue weighted by Crippen LogP contribution is -2.65. The average Bonchev–Trinajstić information content (AvgIpc) is 3.59. The molecule has 4 aliphatic heterocycles. The van der Waals surface area contributed by atoms with Gasteiger partial charge in [0.1, 0.15) is 42.7 Å². The van der Waals surface area contributed by atoms with Gasteiger partial charge in [-0.15, -0.1) is 0 Å². The molecule has 0 radical (unpaired) electrons. The molecule has 4 heterocycles. The minimum atomic E-state index is -1.70. The second-order valence-electron chi connectivity index (χ2n) is 24.0. The van der Waals surface area contributed by atoms with Gasteiger partial charge < -0.3 is 83.9 Å². The molecule has 2 spiro atoms. The van der Waals surface area contributed by atoms with Crippen LogP contribution in [0.1, 0.15) is 120 Å². The Morgan fingerprint density at radius 2 is 1.33 bits per heavy atom. The Hall–Kier alpha value is -1.17. The Balaban J connectivity index is 1.04. The fourth-order valence-electron chi connectivity index (χ4n) is 16.3. The van der Waals surface area contributed by atoms with E-state index >= 15 is 0 Å². The van der Waals surface area contributed by atoms with E-state index in [-0.39, 0.29) is 58.7 Å². The Kier molecular flexibility index (Phi) is 12.6. The van der Waals surface area contributed by atoms with Crippen LogP contribution in [-0.2, 0) is 42.7 Å². The third-order valence-corrected chi connectivity index (χ3v) is 19.6. The first-order chi connectivity index (χ1) is 30.7. The number of carbonyl (C=O) groups excluding carboxylic acids is 1. The van der Waals surface area contributed by atoms with E-state index in [0.29, 0.717) is 25.7 Å². The summed E-state index contributed by atoms with van der Waals surface area (Å²) in [6, 6.07) is 0. The molecule has 378 valence electrons. The zero-order chi connectivity index (χ0) is 48.1. The zero-order valence-electron chi connectivity index (χ0n) is 40.0. The van der Waals surface area contributed by atoms with Crippen LogP contribution in [0.25, 0.3) is 0 Å². The van der Waals surface area contributed by atoms with E-state index in [2.05, 4.69) is 34.6 Å². The van der Waals surface area contributed by atoms with E-state index < -0.39 is 121 Å². The molecule has 9 rings (SSSR count). The van der Waals surface area contributed by atoms with Crippen molar-refractivity contribution in [3.63, 3.8) is 0 Å². The first-order valence-electron chi connectivity index (χ1n) is 24.5. The summed E-state index contributed by atoms with van der Waals surface area (Å²) in [7, 11) is 0. The van der Waals surface area contributed by atoms with Crippen LogP contribution in [0.4, 0.5) is 0 Å². The maximum absolute atomic E-state index is 12.4. The van der Waals surface area contributed by atoms with Crippen molar-refractivity contribution < 1.29 is 88.6 Å². The highest BCUT2D eigenvalue weighted by Crippen LogP contribution is 2.89. The second kappa shape index (κ2) is 16.7. The molecule has 18 nitrogen and oxygen atoms in total. The van der Waals surface area contributed by atoms with Crippen LogP contribution in [-0.4, -0.2) is 181 Å². The van der Waals surface area contributed by atoms with E-state index in [1.807, 2.05) is 0 Å². The summed E-state index contributed by atoms with van der Waals surface area (Å²) in [5, 5.41) is 99.0. The maximum atomic E-state index is 12.4. The van der Waals surface area contributed by atoms with Gasteiger partial charge in [0.25, 0.3) is 0 Å². The Morgan fingerprint density at radius 3 is 2.00 bits per heavy atom. The van der Waals surface area contributed by atoms with Crippen molar-refractivity contribution in [3.05, 3.63) is 0 Å². The molecule has 0 unspecified atom stereocenters. The fourth-order valence-corrected chi connectivity index (χ4v) is 16.3. The number of aliphatic hydroxyl groups excluding tert-OH is 8. The second-order valence-corrected chi connectivity index (χ2v) is 24.0. The Morgan fingerprint density at radius 1 is 0.667 bits per heavy atom. The SMILES string of the molecule is CC(=O)O[C@@H]1[C@@H](O[C@@H]2O[C@@H](C)[C@H](O)[C@@H](O)[C@H]2O)[C@H](O[C@H]2CC[C@]34C[C@]35CC[C@]3(C)[C@@H]([C@@]6(C)CC[C@@H](C(C)(C)O)O6)[C@@H](O)C[C@@]3(C)[C@@H]5C[C@H](O[C@@H]3OC[C@@H](O)[C@H](O)[C@H]3O)[C@H]4C2(C)C)OC[C@H]1O. The number of hydrogen-bond acceptors (Lipinski definition) is 18. The first-order valence-corrected chi connectivity index (χ1v) is 24.5. The molecule has 9 N–H and O–H groups in total. The van der Waals surface area contributed by atoms with Crippen molar-refractivity contribution in [1.82, 2.24) is 0 Å². The molecule has 9 fully saturated rings. The minimum Gasteiger partial charge on any atom is -0.457 e. The van der Waals surface area contributed by atoms with Gasteiger partial charge >= 0.3 is 5.97 Å². The lowest BCUT2D eigenvalue weighted by Gasteiger charge is -2.65. The smallest absolute Gasteiger partial charge is 0.303 e. The van der Waals surface area contributed by atoms with Crippen LogP contribution in [0.5, 0.6) is 0 Å². The van der Waals surface area contributed by atoms with E-state index in [9.17, 15) is 50.8 Å². The van der Waals surface area contributed by atoms with Gasteiger partial charge in [0.15, 0.2) is 31.1 Å². The van der Waals surface area contributed by atoms with Gasteiger partial charge in [0.2, 0.25) is 0 Å². The molecule has 0 aromatic heterocycles. The molecule has 25 atom stereocenters. The molecule has 0 amide bonds. The third-order valence-electron chi connectivity index (χ3n) is 19.6. The lowest BCUT2D eigenvalue weighted by atomic mass is 9.41. The summed E-state index contributed by atoms with van der Waals surface area (Å²) in [4.78, 5) is 12.4. The molecule has 4 saturated heterocycles. The molecule has 0 bridgehead atoms. The monoisotopic (exact) mass is 943 g/mol. The largest absolute Gasteiger partial charge is 0.457 e. The van der Waals surface area contributed by atoms with Gasteiger partial charge in [-0.2, -0.15) is 0 Å². The zero-order valence-corrected chi connectivity index (χ0v) is 40.0. The van der Waals surface area contributed by atoms with Gasteiger partial charge in [-0.1, -0.05) is 27.7 Å². The summed E-state index contributed by atoms with van der Waals surface area (Å²) in [5.74, 6) is -1.03. The number of esters is 1. The third kappa shape index (κ3) is 7.43. The van der Waals surface area contributed by atoms with Gasteiger partial charge in [-0.25, -0.2) is 0 Å². The summed E-state index contributed by atoms with van der Waals surface area (Å²) in [6.07, 6.45) is -13.6. The summed E-state index contributed by atoms with van der Waals surface area (Å²) >= 11 is 0. The number of carbonyl (C=O) groups is 1. The molecule has 9 aliphatic rings. The summed E-state index contributed by atoms with van der Waals surface area (Å²) < 4.78 is 50.5. The normalized spacial score (nSPS) is 56.7. The van der Waals surface area contributed by atoms with Crippen molar-refractivity contribution in [1.29, 1.82) is 0 Å². The molecule has 5 aliphatic carbocycles. The van der Waals surface area contributed by atoms with Gasteiger partial charge in [0, 0.05) is 12.8 Å². The topological polar surface area (TPSA) is 273 Å². The molecular formula is C48H78O18. The standard InChI is InChI=1S/C48H78O18/c1-21-30(53)32(55)34(57)40(61-21)65-36-35(62-22(2)49)25(52)19-60-41(36)64-28-11-13-48-20-47(48)15-14-44(7)37(46(9)12-10-29(66-46)43(5,6)58)23(50)17-45(44,8)27(47)16-26(38(48)42(28,3)4)63-39-33(56)31(54)24(51)18-59-39/h21,23-41,50-58H,10-20H2,1-9H3/t21-,23-,24+,25+,26-,27-,28-,29-,30-,31-,32+,33+,34+,35-,36+,37-,38-,39-,40-,41-,44+,45-,46+,47-,48+/m0/s1. The molecular weight excluding hydrogens is 865 g/mol. The average molecular weight is 943 g/mol. The van der Waals surface area contributed by atoms with Crippen molar-refractivity contribution in [2.45, 2.75) is 236 Å². The molecule has 18 heteroatoms. The minimum absolute atomic E-state index is 0.0767. The number of ether oxygens (including phenoxy) is 8. The quantitative estimate of drug-likeness (QED) is 0.114. The highest BCUT2D eigenvalue weighted by molar-refractivity contribution is 5.66. The number of rotatable bonds is 9. The van der Waals surface area contributed by atoms with Gasteiger partial charge in [-0.05, 0) is 124 Å². The highest BCUT2D eigenvalue weighted by Gasteiger charge is 2.85. The lowest BCUT2D eigenvalue weighted by molar-refractivity contribution is -0.366. The Labute approximate surface area is 387 Å². The van der Waals surface area contributed by atoms with Crippen molar-refractivity contribution >= 4 is 5.97 Å². The number of hydrogen-bond donors (Lipinski definition) is 9. The first kappa shape index (κ1) is 49.8. The Bertz CT molecular complexity index is 1810. The van der Waals surface area contributed by atoms with Crippen LogP contribution in [0.3, 0.4) is 0 Å². The number of fused-ring (bicyclic) bond motifs is 2. The predicted octanol–water partition coefficient (Wildman–Crippen LogP) is 0.786. The predicted molar refractivity (Wildman–Crippen MR) is 229 cm³/mol. The fraction of sp³-hybridized carbons (Fsp3) is 0.979. The van der Waals surface area contributed by atoms with Gasteiger partial charge in [0.05, 0.1) is 54.9 Å². The van der Waals surface area contributed by atoms with Crippen LogP contribution >= 0.6 is 0 Å². The van der Waals surface area contributed by atoms with Crippen molar-refractivity contribution in [3.8, 4) is 0 Å². The van der Waals surface area contributed by atoms with Crippen molar-refractivity contribution in [2.75, 3.05) is 13.2 Å². The van der Waals surface area contributed by atoms with Crippen LogP contribution in [0.2, 0.25) is 0 Å².